The molecule has 2 aliphatic heterocycles. The van der Waals surface area contributed by atoms with Crippen molar-refractivity contribution in [1.82, 2.24) is 4.90 Å². The third-order valence-corrected chi connectivity index (χ3v) is 5.69. The molecule has 0 aromatic heterocycles. The molecule has 0 spiro atoms. The van der Waals surface area contributed by atoms with Crippen molar-refractivity contribution in [3.05, 3.63) is 71.3 Å². The number of fused-ring (bicyclic) bond motifs is 2. The van der Waals surface area contributed by atoms with Gasteiger partial charge < -0.3 is 5.11 Å². The van der Waals surface area contributed by atoms with Gasteiger partial charge >= 0.3 is 0 Å². The van der Waals surface area contributed by atoms with E-state index in [1.165, 1.54) is 18.4 Å². The zero-order valence-electron chi connectivity index (χ0n) is 13.9. The van der Waals surface area contributed by atoms with E-state index in [9.17, 15) is 5.11 Å². The molecule has 24 heavy (non-hydrogen) atoms. The van der Waals surface area contributed by atoms with Crippen LogP contribution < -0.4 is 0 Å². The normalized spacial score (nSPS) is 29.3. The first-order valence-corrected chi connectivity index (χ1v) is 8.77. The number of nitrogens with zero attached hydrogens (tertiary/aromatic N) is 1. The Bertz CT molecular complexity index is 747. The van der Waals surface area contributed by atoms with E-state index in [-0.39, 0.29) is 0 Å². The maximum Gasteiger partial charge on any atom is 0.0926 e. The summed E-state index contributed by atoms with van der Waals surface area (Å²) in [5.74, 6) is 2.68. The van der Waals surface area contributed by atoms with Gasteiger partial charge in [0.2, 0.25) is 0 Å². The third kappa shape index (κ3) is 2.75. The second kappa shape index (κ2) is 6.09. The molecule has 2 aliphatic rings. The van der Waals surface area contributed by atoms with E-state index in [0.29, 0.717) is 12.1 Å². The quantitative estimate of drug-likeness (QED) is 0.873. The molecule has 122 valence electrons. The second-order valence-corrected chi connectivity index (χ2v) is 7.21. The molecule has 0 saturated carbocycles. The fourth-order valence-corrected chi connectivity index (χ4v) is 4.50. The minimum atomic E-state index is -0.744. The Kier molecular flexibility index (Phi) is 3.92. The number of terminal acetylenes is 1. The van der Waals surface area contributed by atoms with E-state index >= 15 is 0 Å². The fourth-order valence-electron chi connectivity index (χ4n) is 4.50. The lowest BCUT2D eigenvalue weighted by Gasteiger charge is -2.44. The Morgan fingerprint density at radius 2 is 1.75 bits per heavy atom. The molecule has 2 aromatic carbocycles. The van der Waals surface area contributed by atoms with E-state index < -0.39 is 5.60 Å². The van der Waals surface area contributed by atoms with Crippen LogP contribution in [0, 0.1) is 12.3 Å². The largest absolute Gasteiger partial charge is 0.385 e. The summed E-state index contributed by atoms with van der Waals surface area (Å²) in [4.78, 5) is 2.59. The molecule has 0 amide bonds. The van der Waals surface area contributed by atoms with Crippen LogP contribution in [0.5, 0.6) is 0 Å². The Morgan fingerprint density at radius 3 is 2.42 bits per heavy atom. The number of piperidine rings is 1. The van der Waals surface area contributed by atoms with Crippen LogP contribution in [0.4, 0.5) is 0 Å². The highest BCUT2D eigenvalue weighted by molar-refractivity contribution is 5.38. The van der Waals surface area contributed by atoms with E-state index in [4.69, 9.17) is 6.42 Å². The van der Waals surface area contributed by atoms with Crippen molar-refractivity contribution in [2.24, 2.45) is 0 Å². The molecule has 2 saturated heterocycles. The fraction of sp³-hybridized carbons (Fsp3) is 0.364. The zero-order valence-corrected chi connectivity index (χ0v) is 13.9. The number of aliphatic hydroxyl groups is 1. The summed E-state index contributed by atoms with van der Waals surface area (Å²) in [6.07, 6.45) is 9.47. The van der Waals surface area contributed by atoms with Crippen molar-refractivity contribution >= 4 is 0 Å². The van der Waals surface area contributed by atoms with Crippen molar-refractivity contribution in [2.75, 3.05) is 0 Å². The van der Waals surface area contributed by atoms with Crippen LogP contribution in [-0.2, 0) is 12.1 Å². The van der Waals surface area contributed by atoms with E-state index in [1.54, 1.807) is 0 Å². The van der Waals surface area contributed by atoms with Crippen LogP contribution in [0.2, 0.25) is 0 Å². The third-order valence-electron chi connectivity index (χ3n) is 5.69. The summed E-state index contributed by atoms with van der Waals surface area (Å²) in [6, 6.07) is 19.4. The maximum absolute atomic E-state index is 11.3. The number of hydrogen-bond acceptors (Lipinski definition) is 2. The molecule has 2 aromatic rings. The van der Waals surface area contributed by atoms with Gasteiger partial charge in [0.25, 0.3) is 0 Å². The van der Waals surface area contributed by atoms with Crippen LogP contribution in [0.15, 0.2) is 54.6 Å². The van der Waals surface area contributed by atoms with Crippen molar-refractivity contribution in [2.45, 2.75) is 49.9 Å². The number of benzene rings is 2. The first kappa shape index (κ1) is 15.4. The average Bonchev–Trinajstić information content (AvgIpc) is 2.86. The Balaban J connectivity index is 1.56. The van der Waals surface area contributed by atoms with Crippen molar-refractivity contribution in [3.63, 3.8) is 0 Å². The van der Waals surface area contributed by atoms with E-state index in [2.05, 4.69) is 41.2 Å². The van der Waals surface area contributed by atoms with Gasteiger partial charge in [-0.15, -0.1) is 6.42 Å². The van der Waals surface area contributed by atoms with Crippen LogP contribution in [0.3, 0.4) is 0 Å². The lowest BCUT2D eigenvalue weighted by Crippen LogP contribution is -2.49. The summed E-state index contributed by atoms with van der Waals surface area (Å²) < 4.78 is 0. The first-order chi connectivity index (χ1) is 11.7. The predicted molar refractivity (Wildman–Crippen MR) is 96.3 cm³/mol. The van der Waals surface area contributed by atoms with Gasteiger partial charge in [-0.3, -0.25) is 4.90 Å². The average molecular weight is 317 g/mol. The molecule has 2 nitrogen and oxygen atoms in total. The van der Waals surface area contributed by atoms with Crippen LogP contribution in [0.25, 0.3) is 0 Å². The SMILES string of the molecule is C#Cc1cccc(C2(O)CC3CCC(C2)N3Cc2ccccc2)c1. The summed E-state index contributed by atoms with van der Waals surface area (Å²) in [5, 5.41) is 11.3. The van der Waals surface area contributed by atoms with Gasteiger partial charge in [-0.05, 0) is 48.9 Å². The van der Waals surface area contributed by atoms with Gasteiger partial charge in [0.1, 0.15) is 0 Å². The molecule has 2 heterocycles. The van der Waals surface area contributed by atoms with Crippen LogP contribution in [0.1, 0.15) is 42.4 Å². The topological polar surface area (TPSA) is 23.5 Å². The summed E-state index contributed by atoms with van der Waals surface area (Å²) in [7, 11) is 0. The Morgan fingerprint density at radius 1 is 1.04 bits per heavy atom. The zero-order chi connectivity index (χ0) is 16.6. The van der Waals surface area contributed by atoms with Crippen molar-refractivity contribution in [3.8, 4) is 12.3 Å². The predicted octanol–water partition coefficient (Wildman–Crippen LogP) is 3.68. The van der Waals surface area contributed by atoms with Crippen LogP contribution >= 0.6 is 0 Å². The van der Waals surface area contributed by atoms with Crippen molar-refractivity contribution in [1.29, 1.82) is 0 Å². The minimum Gasteiger partial charge on any atom is -0.385 e. The van der Waals surface area contributed by atoms with Gasteiger partial charge in [-0.2, -0.15) is 0 Å². The highest BCUT2D eigenvalue weighted by Gasteiger charge is 2.48. The molecule has 1 N–H and O–H groups in total. The van der Waals surface area contributed by atoms with Gasteiger partial charge in [0.15, 0.2) is 0 Å². The van der Waals surface area contributed by atoms with Gasteiger partial charge in [0, 0.05) is 24.2 Å². The molecule has 4 rings (SSSR count). The molecule has 0 aliphatic carbocycles. The molecule has 2 bridgehead atoms. The molecule has 2 atom stereocenters. The van der Waals surface area contributed by atoms with E-state index in [0.717, 1.165) is 30.5 Å². The lowest BCUT2D eigenvalue weighted by molar-refractivity contribution is -0.0595. The minimum absolute atomic E-state index is 0.448. The molecular weight excluding hydrogens is 294 g/mol. The number of rotatable bonds is 3. The Labute approximate surface area is 144 Å². The highest BCUT2D eigenvalue weighted by Crippen LogP contribution is 2.46. The molecule has 2 unspecified atom stereocenters. The molecule has 2 fully saturated rings. The van der Waals surface area contributed by atoms with Gasteiger partial charge in [0.05, 0.1) is 5.60 Å². The highest BCUT2D eigenvalue weighted by atomic mass is 16.3. The van der Waals surface area contributed by atoms with Crippen molar-refractivity contribution < 1.29 is 5.11 Å². The first-order valence-electron chi connectivity index (χ1n) is 8.77. The standard InChI is InChI=1S/C22H23NO/c1-2-17-9-6-10-19(13-17)22(24)14-20-11-12-21(15-22)23(20)16-18-7-4-3-5-8-18/h1,3-10,13,20-21,24H,11-12,14-16H2. The van der Waals surface area contributed by atoms with Crippen LogP contribution in [-0.4, -0.2) is 22.1 Å². The van der Waals surface area contributed by atoms with Gasteiger partial charge in [-0.25, -0.2) is 0 Å². The molecular formula is C22H23NO. The summed E-state index contributed by atoms with van der Waals surface area (Å²) in [6.45, 7) is 0.983. The summed E-state index contributed by atoms with van der Waals surface area (Å²) >= 11 is 0. The second-order valence-electron chi connectivity index (χ2n) is 7.21. The summed E-state index contributed by atoms with van der Waals surface area (Å²) in [5.41, 5.74) is 2.44. The maximum atomic E-state index is 11.3. The smallest absolute Gasteiger partial charge is 0.0926 e. The number of hydrogen-bond donors (Lipinski definition) is 1. The monoisotopic (exact) mass is 317 g/mol. The lowest BCUT2D eigenvalue weighted by atomic mass is 9.80. The Hall–Kier alpha value is -2.08. The molecule has 2 heteroatoms. The van der Waals surface area contributed by atoms with E-state index in [1.807, 2.05) is 24.3 Å². The van der Waals surface area contributed by atoms with Gasteiger partial charge in [-0.1, -0.05) is 48.4 Å². The molecule has 0 radical (unpaired) electrons.